The van der Waals surface area contributed by atoms with E-state index >= 15 is 0 Å². The molecule has 8 nitrogen and oxygen atoms in total. The summed E-state index contributed by atoms with van der Waals surface area (Å²) in [7, 11) is 1.35. The van der Waals surface area contributed by atoms with E-state index < -0.39 is 5.97 Å². The van der Waals surface area contributed by atoms with E-state index in [1.165, 1.54) is 7.11 Å². The molecule has 2 aromatic heterocycles. The fourth-order valence-electron chi connectivity index (χ4n) is 2.98. The van der Waals surface area contributed by atoms with E-state index in [-0.39, 0.29) is 5.91 Å². The van der Waals surface area contributed by atoms with Crippen LogP contribution in [0, 0.1) is 0 Å². The van der Waals surface area contributed by atoms with Crippen molar-refractivity contribution in [3.05, 3.63) is 42.2 Å². The van der Waals surface area contributed by atoms with Crippen LogP contribution in [0.3, 0.4) is 0 Å². The Hall–Kier alpha value is -3.26. The van der Waals surface area contributed by atoms with Crippen LogP contribution in [0.15, 0.2) is 36.7 Å². The molecule has 0 radical (unpaired) electrons. The highest BCUT2D eigenvalue weighted by molar-refractivity contribution is 6.10. The van der Waals surface area contributed by atoms with Crippen LogP contribution in [0.25, 0.3) is 21.7 Å². The van der Waals surface area contributed by atoms with Crippen molar-refractivity contribution in [2.24, 2.45) is 5.73 Å². The van der Waals surface area contributed by atoms with Crippen molar-refractivity contribution >= 4 is 39.4 Å². The molecule has 0 aliphatic rings. The minimum atomic E-state index is -0.409. The number of fused-ring (bicyclic) bond motifs is 3. The van der Waals surface area contributed by atoms with Crippen LogP contribution in [-0.4, -0.2) is 48.6 Å². The first-order valence-corrected chi connectivity index (χ1v) is 9.10. The summed E-state index contributed by atoms with van der Waals surface area (Å²) in [4.78, 5) is 32.4. The number of nitrogens with one attached hydrogen (secondary N) is 2. The van der Waals surface area contributed by atoms with Crippen LogP contribution in [0.2, 0.25) is 0 Å². The monoisotopic (exact) mass is 381 g/mol. The van der Waals surface area contributed by atoms with E-state index in [1.54, 1.807) is 24.5 Å². The Morgan fingerprint density at radius 2 is 2.00 bits per heavy atom. The van der Waals surface area contributed by atoms with Crippen molar-refractivity contribution in [3.63, 3.8) is 0 Å². The van der Waals surface area contributed by atoms with Crippen molar-refractivity contribution in [1.82, 2.24) is 15.3 Å². The Morgan fingerprint density at radius 3 is 2.79 bits per heavy atom. The normalized spacial score (nSPS) is 10.8. The van der Waals surface area contributed by atoms with Crippen molar-refractivity contribution in [2.75, 3.05) is 32.1 Å². The van der Waals surface area contributed by atoms with E-state index in [1.807, 2.05) is 12.1 Å². The maximum Gasteiger partial charge on any atom is 0.337 e. The van der Waals surface area contributed by atoms with E-state index in [9.17, 15) is 9.59 Å². The third-order valence-corrected chi connectivity index (χ3v) is 4.36. The van der Waals surface area contributed by atoms with Gasteiger partial charge in [-0.15, -0.1) is 0 Å². The Kier molecular flexibility index (Phi) is 6.33. The molecule has 146 valence electrons. The third-order valence-electron chi connectivity index (χ3n) is 4.36. The Morgan fingerprint density at radius 1 is 1.14 bits per heavy atom. The number of hydrogen-bond acceptors (Lipinski definition) is 7. The molecule has 0 unspecified atom stereocenters. The molecular weight excluding hydrogens is 358 g/mol. The summed E-state index contributed by atoms with van der Waals surface area (Å²) >= 11 is 0. The second kappa shape index (κ2) is 9.09. The number of nitrogens with two attached hydrogens (primary N) is 1. The molecule has 0 bridgehead atoms. The van der Waals surface area contributed by atoms with Crippen molar-refractivity contribution in [2.45, 2.75) is 12.8 Å². The predicted octanol–water partition coefficient (Wildman–Crippen LogP) is 1.84. The van der Waals surface area contributed by atoms with Gasteiger partial charge in [0.2, 0.25) is 5.91 Å². The van der Waals surface area contributed by atoms with Gasteiger partial charge >= 0.3 is 5.97 Å². The van der Waals surface area contributed by atoms with Crippen LogP contribution in [-0.2, 0) is 9.53 Å². The van der Waals surface area contributed by atoms with Crippen molar-refractivity contribution in [1.29, 1.82) is 0 Å². The van der Waals surface area contributed by atoms with Gasteiger partial charge in [0.05, 0.1) is 18.2 Å². The Balaban J connectivity index is 1.83. The summed E-state index contributed by atoms with van der Waals surface area (Å²) in [6.45, 7) is 1.50. The van der Waals surface area contributed by atoms with Gasteiger partial charge in [0.1, 0.15) is 5.82 Å². The van der Waals surface area contributed by atoms with Gasteiger partial charge in [-0.2, -0.15) is 0 Å². The SMILES string of the molecule is COC(=O)c1ccc2c(c1)nc(NCCCC(=O)NCCN)c1ccncc12. The fraction of sp³-hybridized carbons (Fsp3) is 0.300. The lowest BCUT2D eigenvalue weighted by Gasteiger charge is -2.12. The molecule has 1 aromatic carbocycles. The molecule has 0 spiro atoms. The summed E-state index contributed by atoms with van der Waals surface area (Å²) in [5.74, 6) is 0.262. The maximum absolute atomic E-state index is 11.8. The highest BCUT2D eigenvalue weighted by Gasteiger charge is 2.12. The fourth-order valence-corrected chi connectivity index (χ4v) is 2.98. The summed E-state index contributed by atoms with van der Waals surface area (Å²) in [5.41, 5.74) is 6.49. The van der Waals surface area contributed by atoms with Gasteiger partial charge in [0.25, 0.3) is 0 Å². The zero-order chi connectivity index (χ0) is 19.9. The number of aromatic nitrogens is 2. The van der Waals surface area contributed by atoms with E-state index in [4.69, 9.17) is 10.5 Å². The number of pyridine rings is 2. The minimum Gasteiger partial charge on any atom is -0.465 e. The molecule has 3 aromatic rings. The number of amides is 1. The number of ether oxygens (including phenoxy) is 1. The number of methoxy groups -OCH3 is 1. The number of rotatable bonds is 8. The summed E-state index contributed by atoms with van der Waals surface area (Å²) < 4.78 is 4.79. The molecule has 3 rings (SSSR count). The molecule has 28 heavy (non-hydrogen) atoms. The maximum atomic E-state index is 11.8. The molecule has 0 aliphatic carbocycles. The second-order valence-corrected chi connectivity index (χ2v) is 6.27. The largest absolute Gasteiger partial charge is 0.465 e. The van der Waals surface area contributed by atoms with Gasteiger partial charge < -0.3 is 21.1 Å². The first kappa shape index (κ1) is 19.5. The Labute approximate surface area is 162 Å². The van der Waals surface area contributed by atoms with Crippen LogP contribution in [0.1, 0.15) is 23.2 Å². The number of anilines is 1. The number of nitrogens with zero attached hydrogens (tertiary/aromatic N) is 2. The summed E-state index contributed by atoms with van der Waals surface area (Å²) in [6.07, 6.45) is 4.56. The lowest BCUT2D eigenvalue weighted by Crippen LogP contribution is -2.29. The molecule has 0 saturated heterocycles. The minimum absolute atomic E-state index is 0.0181. The molecule has 4 N–H and O–H groups in total. The van der Waals surface area contributed by atoms with E-state index in [2.05, 4.69) is 20.6 Å². The molecule has 1 amide bonds. The van der Waals surface area contributed by atoms with E-state index in [0.29, 0.717) is 49.4 Å². The highest BCUT2D eigenvalue weighted by Crippen LogP contribution is 2.29. The average molecular weight is 381 g/mol. The molecule has 0 atom stereocenters. The number of carbonyl (C=O) groups excluding carboxylic acids is 2. The molecule has 0 fully saturated rings. The number of benzene rings is 1. The standard InChI is InChI=1S/C20H23N5O3/c1-28-20(27)13-4-5-14-16-12-22-9-6-15(16)19(25-17(14)11-13)24-8-2-3-18(26)23-10-7-21/h4-6,9,11-12H,2-3,7-8,10,21H2,1H3,(H,23,26)(H,24,25). The molecule has 2 heterocycles. The first-order chi connectivity index (χ1) is 13.6. The number of hydrogen-bond donors (Lipinski definition) is 3. The molecule has 0 saturated carbocycles. The topological polar surface area (TPSA) is 119 Å². The van der Waals surface area contributed by atoms with Gasteiger partial charge in [-0.05, 0) is 24.6 Å². The Bertz CT molecular complexity index is 1010. The summed E-state index contributed by atoms with van der Waals surface area (Å²) in [6, 6.07) is 7.17. The zero-order valence-corrected chi connectivity index (χ0v) is 15.7. The van der Waals surface area contributed by atoms with Gasteiger partial charge in [-0.25, -0.2) is 9.78 Å². The zero-order valence-electron chi connectivity index (χ0n) is 15.7. The van der Waals surface area contributed by atoms with Crippen LogP contribution in [0.4, 0.5) is 5.82 Å². The van der Waals surface area contributed by atoms with E-state index in [0.717, 1.165) is 16.2 Å². The van der Waals surface area contributed by atoms with Gasteiger partial charge in [-0.3, -0.25) is 9.78 Å². The van der Waals surface area contributed by atoms with Gasteiger partial charge in [0, 0.05) is 54.6 Å². The average Bonchev–Trinajstić information content (AvgIpc) is 2.74. The lowest BCUT2D eigenvalue weighted by molar-refractivity contribution is -0.121. The summed E-state index contributed by atoms with van der Waals surface area (Å²) in [5, 5.41) is 8.82. The number of esters is 1. The molecule has 8 heteroatoms. The van der Waals surface area contributed by atoms with Gasteiger partial charge in [-0.1, -0.05) is 6.07 Å². The molecular formula is C20H23N5O3. The smallest absolute Gasteiger partial charge is 0.337 e. The third kappa shape index (κ3) is 4.34. The van der Waals surface area contributed by atoms with Crippen LogP contribution >= 0.6 is 0 Å². The van der Waals surface area contributed by atoms with Crippen molar-refractivity contribution in [3.8, 4) is 0 Å². The molecule has 0 aliphatic heterocycles. The number of carbonyl (C=O) groups is 2. The second-order valence-electron chi connectivity index (χ2n) is 6.27. The quantitative estimate of drug-likeness (QED) is 0.309. The van der Waals surface area contributed by atoms with Crippen LogP contribution in [0.5, 0.6) is 0 Å². The lowest BCUT2D eigenvalue weighted by atomic mass is 10.1. The predicted molar refractivity (Wildman–Crippen MR) is 108 cm³/mol. The van der Waals surface area contributed by atoms with Gasteiger partial charge in [0.15, 0.2) is 0 Å². The first-order valence-electron chi connectivity index (χ1n) is 9.10. The highest BCUT2D eigenvalue weighted by atomic mass is 16.5. The van der Waals surface area contributed by atoms with Crippen LogP contribution < -0.4 is 16.4 Å². The van der Waals surface area contributed by atoms with Crippen molar-refractivity contribution < 1.29 is 14.3 Å².